The second-order valence-electron chi connectivity index (χ2n) is 8.73. The van der Waals surface area contributed by atoms with Gasteiger partial charge in [-0.15, -0.1) is 0 Å². The molecule has 0 bridgehead atoms. The Balaban J connectivity index is 1.90. The Morgan fingerprint density at radius 2 is 1.75 bits per heavy atom. The van der Waals surface area contributed by atoms with Crippen LogP contribution in [0.25, 0.3) is 0 Å². The number of benzene rings is 1. The van der Waals surface area contributed by atoms with Crippen molar-refractivity contribution in [3.05, 3.63) is 47.2 Å². The molecule has 2 amide bonds. The highest BCUT2D eigenvalue weighted by Gasteiger charge is 2.69. The minimum Gasteiger partial charge on any atom is -0.330 e. The molecule has 2 aliphatic rings. The minimum atomic E-state index is -5.17. The predicted molar refractivity (Wildman–Crippen MR) is 113 cm³/mol. The van der Waals surface area contributed by atoms with Gasteiger partial charge in [0.1, 0.15) is 0 Å². The van der Waals surface area contributed by atoms with E-state index >= 15 is 0 Å². The van der Waals surface area contributed by atoms with Crippen LogP contribution in [0.2, 0.25) is 0 Å². The lowest BCUT2D eigenvalue weighted by Crippen LogP contribution is -2.66. The molecule has 1 aliphatic carbocycles. The van der Waals surface area contributed by atoms with E-state index in [0.717, 1.165) is 43.9 Å². The Bertz CT molecular complexity index is 905. The van der Waals surface area contributed by atoms with Crippen molar-refractivity contribution in [2.45, 2.75) is 77.1 Å². The number of alkyl halides is 3. The average Bonchev–Trinajstić information content (AvgIpc) is 2.95. The number of ketones is 1. The van der Waals surface area contributed by atoms with Gasteiger partial charge in [-0.1, -0.05) is 62.4 Å². The molecule has 1 aliphatic heterocycles. The van der Waals surface area contributed by atoms with Gasteiger partial charge in [0.05, 0.1) is 12.1 Å². The number of carbonyl (C=O) groups is 3. The topological polar surface area (TPSA) is 66.5 Å². The molecule has 0 spiro atoms. The van der Waals surface area contributed by atoms with Gasteiger partial charge in [-0.05, 0) is 31.7 Å². The number of hydrogen-bond donors (Lipinski definition) is 1. The van der Waals surface area contributed by atoms with E-state index in [1.807, 2.05) is 5.32 Å². The lowest BCUT2D eigenvalue weighted by atomic mass is 9.85. The van der Waals surface area contributed by atoms with Gasteiger partial charge in [0.15, 0.2) is 5.78 Å². The quantitative estimate of drug-likeness (QED) is 0.657. The van der Waals surface area contributed by atoms with E-state index in [4.69, 9.17) is 0 Å². The number of nitrogens with zero attached hydrogens (tertiary/aromatic N) is 1. The van der Waals surface area contributed by atoms with Crippen molar-refractivity contribution in [2.75, 3.05) is 0 Å². The minimum absolute atomic E-state index is 0.0868. The van der Waals surface area contributed by atoms with Crippen LogP contribution >= 0.6 is 0 Å². The highest BCUT2D eigenvalue weighted by atomic mass is 19.4. The average molecular weight is 451 g/mol. The van der Waals surface area contributed by atoms with Gasteiger partial charge < -0.3 is 10.2 Å². The summed E-state index contributed by atoms with van der Waals surface area (Å²) >= 11 is 0. The molecule has 1 aromatic rings. The molecule has 1 unspecified atom stereocenters. The van der Waals surface area contributed by atoms with Gasteiger partial charge in [0.25, 0.3) is 5.91 Å². The van der Waals surface area contributed by atoms with Crippen LogP contribution in [0, 0.1) is 5.92 Å². The molecule has 32 heavy (non-hydrogen) atoms. The highest BCUT2D eigenvalue weighted by molar-refractivity contribution is 6.11. The number of nitrogens with one attached hydrogen (secondary N) is 1. The van der Waals surface area contributed by atoms with Gasteiger partial charge in [0.2, 0.25) is 11.4 Å². The molecule has 0 radical (unpaired) electrons. The van der Waals surface area contributed by atoms with Crippen molar-refractivity contribution in [3.8, 4) is 0 Å². The van der Waals surface area contributed by atoms with E-state index in [1.165, 1.54) is 6.92 Å². The summed E-state index contributed by atoms with van der Waals surface area (Å²) in [6.07, 6.45) is 0.358. The molecule has 5 nitrogen and oxygen atoms in total. The Labute approximate surface area is 186 Å². The summed E-state index contributed by atoms with van der Waals surface area (Å²) in [5.41, 5.74) is -3.54. The smallest absolute Gasteiger partial charge is 0.330 e. The maximum absolute atomic E-state index is 14.5. The van der Waals surface area contributed by atoms with Crippen LogP contribution in [-0.2, 0) is 20.9 Å². The Morgan fingerprint density at radius 3 is 2.31 bits per heavy atom. The van der Waals surface area contributed by atoms with Crippen molar-refractivity contribution >= 4 is 17.6 Å². The molecule has 0 saturated heterocycles. The van der Waals surface area contributed by atoms with Crippen molar-refractivity contribution in [2.24, 2.45) is 5.92 Å². The molecule has 1 saturated carbocycles. The fourth-order valence-corrected chi connectivity index (χ4v) is 4.88. The monoisotopic (exact) mass is 450 g/mol. The molecule has 1 fully saturated rings. The number of Topliss-reactive ketones (excluding diaryl/α,β-unsaturated/α-hetero) is 1. The van der Waals surface area contributed by atoms with E-state index in [0.29, 0.717) is 17.9 Å². The van der Waals surface area contributed by atoms with Gasteiger partial charge >= 0.3 is 6.18 Å². The third kappa shape index (κ3) is 4.59. The van der Waals surface area contributed by atoms with Crippen molar-refractivity contribution in [1.29, 1.82) is 0 Å². The van der Waals surface area contributed by atoms with Crippen molar-refractivity contribution in [1.82, 2.24) is 10.2 Å². The SMILES string of the molecule is CC(=O)C1=C(C)N(Cc2ccccc2)C(=O)C1(NC(=O)CCC1CCCCC1)C(F)(F)F. The van der Waals surface area contributed by atoms with E-state index in [1.54, 1.807) is 30.3 Å². The number of rotatable bonds is 7. The number of halogens is 3. The van der Waals surface area contributed by atoms with E-state index < -0.39 is 34.9 Å². The molecule has 1 N–H and O–H groups in total. The first-order valence-electron chi connectivity index (χ1n) is 11.0. The molecule has 1 atom stereocenters. The molecule has 8 heteroatoms. The maximum atomic E-state index is 14.5. The van der Waals surface area contributed by atoms with Crippen LogP contribution in [0.1, 0.15) is 64.4 Å². The van der Waals surface area contributed by atoms with Crippen molar-refractivity contribution in [3.63, 3.8) is 0 Å². The first-order valence-corrected chi connectivity index (χ1v) is 11.0. The summed E-state index contributed by atoms with van der Waals surface area (Å²) in [6.45, 7) is 2.18. The van der Waals surface area contributed by atoms with Gasteiger partial charge in [-0.25, -0.2) is 0 Å². The number of amides is 2. The normalized spacial score (nSPS) is 22.4. The molecular weight excluding hydrogens is 421 g/mol. The van der Waals surface area contributed by atoms with Gasteiger partial charge in [-0.3, -0.25) is 14.4 Å². The zero-order valence-corrected chi connectivity index (χ0v) is 18.4. The third-order valence-corrected chi connectivity index (χ3v) is 6.50. The van der Waals surface area contributed by atoms with Crippen LogP contribution in [-0.4, -0.2) is 34.2 Å². The second-order valence-corrected chi connectivity index (χ2v) is 8.73. The van der Waals surface area contributed by atoms with Crippen LogP contribution in [0.4, 0.5) is 13.2 Å². The Kier molecular flexibility index (Phi) is 7.10. The fraction of sp³-hybridized carbons (Fsp3) is 0.542. The standard InChI is InChI=1S/C24H29F3N2O3/c1-16-21(17(2)30)23(24(25,26)27,22(32)29(16)15-19-11-7-4-8-12-19)28-20(31)14-13-18-9-5-3-6-10-18/h4,7-8,11-12,18H,3,5-6,9-10,13-15H2,1-2H3,(H,28,31). The lowest BCUT2D eigenvalue weighted by Gasteiger charge is -2.33. The zero-order valence-electron chi connectivity index (χ0n) is 18.4. The van der Waals surface area contributed by atoms with Crippen LogP contribution in [0.5, 0.6) is 0 Å². The second kappa shape index (κ2) is 9.46. The highest BCUT2D eigenvalue weighted by Crippen LogP contribution is 2.45. The summed E-state index contributed by atoms with van der Waals surface area (Å²) in [4.78, 5) is 39.2. The van der Waals surface area contributed by atoms with E-state index in [-0.39, 0.29) is 18.7 Å². The van der Waals surface area contributed by atoms with Crippen LogP contribution in [0.15, 0.2) is 41.6 Å². The third-order valence-electron chi connectivity index (χ3n) is 6.50. The largest absolute Gasteiger partial charge is 0.425 e. The van der Waals surface area contributed by atoms with E-state index in [2.05, 4.69) is 0 Å². The zero-order chi connectivity index (χ0) is 23.5. The number of allylic oxidation sites excluding steroid dienone is 1. The summed E-state index contributed by atoms with van der Waals surface area (Å²) in [6, 6.07) is 8.55. The molecule has 174 valence electrons. The first-order chi connectivity index (χ1) is 15.1. The Hall–Kier alpha value is -2.64. The maximum Gasteiger partial charge on any atom is 0.425 e. The van der Waals surface area contributed by atoms with Gasteiger partial charge in [0, 0.05) is 12.1 Å². The van der Waals surface area contributed by atoms with Crippen LogP contribution in [0.3, 0.4) is 0 Å². The summed E-state index contributed by atoms with van der Waals surface area (Å²) in [5.74, 6) is -2.80. The van der Waals surface area contributed by atoms with Crippen LogP contribution < -0.4 is 5.32 Å². The molecule has 3 rings (SSSR count). The first kappa shape index (κ1) is 24.0. The summed E-state index contributed by atoms with van der Waals surface area (Å²) in [7, 11) is 0. The molecule has 0 aromatic heterocycles. The summed E-state index contributed by atoms with van der Waals surface area (Å²) in [5, 5.41) is 1.97. The molecule has 1 heterocycles. The molecular formula is C24H29F3N2O3. The van der Waals surface area contributed by atoms with E-state index in [9.17, 15) is 27.6 Å². The van der Waals surface area contributed by atoms with Crippen molar-refractivity contribution < 1.29 is 27.6 Å². The van der Waals surface area contributed by atoms with Gasteiger partial charge in [-0.2, -0.15) is 13.2 Å². The number of hydrogen-bond acceptors (Lipinski definition) is 3. The Morgan fingerprint density at radius 1 is 1.12 bits per heavy atom. The summed E-state index contributed by atoms with van der Waals surface area (Å²) < 4.78 is 43.4. The molecule has 1 aromatic carbocycles. The fourth-order valence-electron chi connectivity index (χ4n) is 4.88. The predicted octanol–water partition coefficient (Wildman–Crippen LogP) is 4.67. The lowest BCUT2D eigenvalue weighted by molar-refractivity contribution is -0.194. The number of carbonyl (C=O) groups excluding carboxylic acids is 3.